The van der Waals surface area contributed by atoms with E-state index in [1.165, 1.54) is 0 Å². The zero-order chi connectivity index (χ0) is 4.41. The maximum atomic E-state index is 4.55. The van der Waals surface area contributed by atoms with Crippen molar-refractivity contribution in [1.82, 2.24) is 5.16 Å². The Bertz CT molecular complexity index is 149. The predicted octanol–water partition coefficient (Wildman–Crippen LogP) is 1.34. The highest BCUT2D eigenvalue weighted by Gasteiger charge is 1.69. The summed E-state index contributed by atoms with van der Waals surface area (Å²) >= 11 is 4.55. The summed E-state index contributed by atoms with van der Waals surface area (Å²) in [5.74, 6) is 0. The molecule has 0 saturated heterocycles. The van der Waals surface area contributed by atoms with E-state index in [-0.39, 0.29) is 0 Å². The zero-order valence-electron chi connectivity index (χ0n) is 2.97. The molecule has 0 bridgehead atoms. The van der Waals surface area contributed by atoms with E-state index in [1.54, 1.807) is 12.3 Å². The molecule has 0 aliphatic carbocycles. The van der Waals surface area contributed by atoms with Crippen molar-refractivity contribution in [3.63, 3.8) is 0 Å². The summed E-state index contributed by atoms with van der Waals surface area (Å²) in [7, 11) is 0. The number of H-pyrrole nitrogens is 1. The molecule has 1 rings (SSSR count). The van der Waals surface area contributed by atoms with Gasteiger partial charge in [-0.3, -0.25) is 0 Å². The maximum absolute atomic E-state index is 4.55. The molecule has 1 aromatic rings. The second kappa shape index (κ2) is 1.26. The molecule has 1 N–H and O–H groups in total. The molecule has 32 valence electrons. The summed E-state index contributed by atoms with van der Waals surface area (Å²) in [5, 5.41) is 2.45. The van der Waals surface area contributed by atoms with Crippen LogP contribution in [0.25, 0.3) is 0 Å². The first-order chi connectivity index (χ1) is 2.89. The molecule has 0 radical (unpaired) electrons. The lowest BCUT2D eigenvalue weighted by atomic mass is 10.8. The van der Waals surface area contributed by atoms with Crippen LogP contribution in [-0.4, -0.2) is 5.16 Å². The minimum atomic E-state index is 0.495. The van der Waals surface area contributed by atoms with Gasteiger partial charge in [-0.15, -0.1) is 0 Å². The molecule has 3 heteroatoms. The number of nitrogens with one attached hydrogen (secondary N) is 1. The third kappa shape index (κ3) is 0.490. The van der Waals surface area contributed by atoms with Gasteiger partial charge in [0.1, 0.15) is 0 Å². The molecule has 1 heterocycles. The van der Waals surface area contributed by atoms with Crippen molar-refractivity contribution >= 4 is 12.2 Å². The number of rotatable bonds is 0. The van der Waals surface area contributed by atoms with Crippen molar-refractivity contribution < 1.29 is 4.52 Å². The molecule has 0 aromatic carbocycles. The van der Waals surface area contributed by atoms with E-state index in [9.17, 15) is 0 Å². The summed E-state index contributed by atoms with van der Waals surface area (Å²) in [4.78, 5) is 0. The van der Waals surface area contributed by atoms with Gasteiger partial charge in [0.25, 0.3) is 0 Å². The van der Waals surface area contributed by atoms with Crippen LogP contribution in [0.15, 0.2) is 16.8 Å². The first kappa shape index (κ1) is 3.61. The fraction of sp³-hybridized carbons (Fsp3) is 0. The molecule has 0 unspecified atom stereocenters. The van der Waals surface area contributed by atoms with Crippen LogP contribution in [0.2, 0.25) is 0 Å². The third-order valence-corrected chi connectivity index (χ3v) is 0.666. The van der Waals surface area contributed by atoms with Gasteiger partial charge in [-0.2, -0.15) is 0 Å². The van der Waals surface area contributed by atoms with Crippen molar-refractivity contribution in [3.8, 4) is 0 Å². The highest BCUT2D eigenvalue weighted by atomic mass is 32.1. The minimum absolute atomic E-state index is 0.495. The van der Waals surface area contributed by atoms with Crippen LogP contribution in [0, 0.1) is 4.71 Å². The van der Waals surface area contributed by atoms with Crippen LogP contribution in [0.3, 0.4) is 0 Å². The van der Waals surface area contributed by atoms with Gasteiger partial charge in [0.2, 0.25) is 4.71 Å². The van der Waals surface area contributed by atoms with Gasteiger partial charge >= 0.3 is 0 Å². The fourth-order valence-corrected chi connectivity index (χ4v) is 0.344. The summed E-state index contributed by atoms with van der Waals surface area (Å²) in [6.45, 7) is 0. The lowest BCUT2D eigenvalue weighted by Gasteiger charge is -1.57. The molecule has 2 nitrogen and oxygen atoms in total. The first-order valence-corrected chi connectivity index (χ1v) is 1.93. The lowest BCUT2D eigenvalue weighted by molar-refractivity contribution is 0.408. The third-order valence-electron chi connectivity index (χ3n) is 0.447. The second-order valence-corrected chi connectivity index (χ2v) is 1.27. The quantitative estimate of drug-likeness (QED) is 0.499. The molecule has 0 aliphatic heterocycles. The molecular weight excluding hydrogens is 98.1 g/mol. The van der Waals surface area contributed by atoms with Crippen molar-refractivity contribution in [1.29, 1.82) is 0 Å². The molecule has 0 aliphatic rings. The largest absolute Gasteiger partial charge is 0.371 e. The standard InChI is InChI=1S/C3H3NOS/c6-3-1-2-4-5-3/h1-2,4H. The van der Waals surface area contributed by atoms with Gasteiger partial charge in [0, 0.05) is 12.3 Å². The normalized spacial score (nSPS) is 8.67. The Morgan fingerprint density at radius 1 is 1.83 bits per heavy atom. The molecular formula is C3H3NOS. The van der Waals surface area contributed by atoms with Gasteiger partial charge in [0.15, 0.2) is 0 Å². The lowest BCUT2D eigenvalue weighted by Crippen LogP contribution is -1.40. The van der Waals surface area contributed by atoms with Crippen LogP contribution >= 0.6 is 12.2 Å². The Kier molecular flexibility index (Phi) is 0.759. The van der Waals surface area contributed by atoms with Crippen molar-refractivity contribution in [2.75, 3.05) is 0 Å². The van der Waals surface area contributed by atoms with Crippen molar-refractivity contribution in [3.05, 3.63) is 17.0 Å². The van der Waals surface area contributed by atoms with E-state index < -0.39 is 0 Å². The van der Waals surface area contributed by atoms with Crippen LogP contribution < -0.4 is 0 Å². The summed E-state index contributed by atoms with van der Waals surface area (Å²) in [5.41, 5.74) is 0. The Morgan fingerprint density at radius 2 is 2.67 bits per heavy atom. The monoisotopic (exact) mass is 101 g/mol. The van der Waals surface area contributed by atoms with Gasteiger partial charge < -0.3 is 4.52 Å². The zero-order valence-corrected chi connectivity index (χ0v) is 3.79. The average Bonchev–Trinajstić information content (AvgIpc) is 1.86. The van der Waals surface area contributed by atoms with Crippen LogP contribution in [0.4, 0.5) is 0 Å². The smallest absolute Gasteiger partial charge is 0.219 e. The number of hydrogen-bond acceptors (Lipinski definition) is 2. The van der Waals surface area contributed by atoms with Crippen molar-refractivity contribution in [2.24, 2.45) is 0 Å². The van der Waals surface area contributed by atoms with Crippen molar-refractivity contribution in [2.45, 2.75) is 0 Å². The molecule has 1 aromatic heterocycles. The Hall–Kier alpha value is -0.570. The molecule has 0 spiro atoms. The van der Waals surface area contributed by atoms with E-state index in [4.69, 9.17) is 0 Å². The van der Waals surface area contributed by atoms with E-state index in [0.717, 1.165) is 0 Å². The SMILES string of the molecule is S=c1cc[nH]o1. The van der Waals surface area contributed by atoms with Gasteiger partial charge in [-0.25, -0.2) is 5.16 Å². The second-order valence-electron chi connectivity index (χ2n) is 0.872. The first-order valence-electron chi connectivity index (χ1n) is 1.52. The van der Waals surface area contributed by atoms with Crippen LogP contribution in [0.5, 0.6) is 0 Å². The highest BCUT2D eigenvalue weighted by molar-refractivity contribution is 7.71. The number of aromatic nitrogens is 1. The summed E-state index contributed by atoms with van der Waals surface area (Å²) < 4.78 is 5.02. The Labute approximate surface area is 39.8 Å². The Morgan fingerprint density at radius 3 is 2.83 bits per heavy atom. The summed E-state index contributed by atoms with van der Waals surface area (Å²) in [6.07, 6.45) is 1.64. The van der Waals surface area contributed by atoms with Gasteiger partial charge in [0.05, 0.1) is 0 Å². The number of hydrogen-bond donors (Lipinski definition) is 1. The average molecular weight is 101 g/mol. The minimum Gasteiger partial charge on any atom is -0.371 e. The predicted molar refractivity (Wildman–Crippen MR) is 23.9 cm³/mol. The van der Waals surface area contributed by atoms with Crippen LogP contribution in [-0.2, 0) is 0 Å². The van der Waals surface area contributed by atoms with Crippen LogP contribution in [0.1, 0.15) is 0 Å². The number of aromatic amines is 1. The topological polar surface area (TPSA) is 28.9 Å². The molecule has 0 amide bonds. The molecule has 0 atom stereocenters. The van der Waals surface area contributed by atoms with E-state index in [1.807, 2.05) is 0 Å². The van der Waals surface area contributed by atoms with Gasteiger partial charge in [-0.1, -0.05) is 0 Å². The maximum Gasteiger partial charge on any atom is 0.219 e. The fourth-order valence-electron chi connectivity index (χ4n) is 0.228. The highest BCUT2D eigenvalue weighted by Crippen LogP contribution is 1.82. The van der Waals surface area contributed by atoms with E-state index in [0.29, 0.717) is 4.71 Å². The molecule has 0 fully saturated rings. The molecule has 6 heavy (non-hydrogen) atoms. The van der Waals surface area contributed by atoms with Gasteiger partial charge in [-0.05, 0) is 12.2 Å². The summed E-state index contributed by atoms with van der Waals surface area (Å²) in [6, 6.07) is 1.68. The Balaban J connectivity index is 3.41. The van der Waals surface area contributed by atoms with E-state index in [2.05, 4.69) is 21.9 Å². The molecule has 0 saturated carbocycles. The van der Waals surface area contributed by atoms with E-state index >= 15 is 0 Å².